The van der Waals surface area contributed by atoms with Crippen LogP contribution < -0.4 is 15.4 Å². The normalized spacial score (nSPS) is 17.9. The second kappa shape index (κ2) is 8.71. The van der Waals surface area contributed by atoms with E-state index in [4.69, 9.17) is 10.5 Å². The third kappa shape index (κ3) is 4.40. The average Bonchev–Trinajstić information content (AvgIpc) is 2.99. The molecule has 0 bridgehead atoms. The number of benzene rings is 2. The highest BCUT2D eigenvalue weighted by molar-refractivity contribution is 8.14. The number of carbonyl (C=O) groups excluding carboxylic acids is 2. The fourth-order valence-electron chi connectivity index (χ4n) is 2.73. The number of thioether (sulfide) groups is 1. The molecule has 2 amide bonds. The molecule has 28 heavy (non-hydrogen) atoms. The number of imide groups is 1. The minimum Gasteiger partial charge on any atom is -0.497 e. The smallest absolute Gasteiger partial charge is 0.247 e. The van der Waals surface area contributed by atoms with Gasteiger partial charge in [-0.25, -0.2) is 4.90 Å². The first-order chi connectivity index (χ1) is 13.5. The number of anilines is 1. The lowest BCUT2D eigenvalue weighted by Crippen LogP contribution is -2.31. The summed E-state index contributed by atoms with van der Waals surface area (Å²) in [7, 11) is 1.55. The topological polar surface area (TPSA) is 97.3 Å². The second-order valence-electron chi connectivity index (χ2n) is 6.07. The highest BCUT2D eigenvalue weighted by Crippen LogP contribution is 2.30. The summed E-state index contributed by atoms with van der Waals surface area (Å²) < 4.78 is 5.10. The molecular formula is C20H20N4O3S. The number of amidine groups is 1. The van der Waals surface area contributed by atoms with E-state index in [9.17, 15) is 9.59 Å². The van der Waals surface area contributed by atoms with E-state index in [2.05, 4.69) is 10.2 Å². The van der Waals surface area contributed by atoms with Gasteiger partial charge in [-0.15, -0.1) is 5.10 Å². The van der Waals surface area contributed by atoms with Gasteiger partial charge in [-0.1, -0.05) is 42.1 Å². The maximum atomic E-state index is 12.7. The Labute approximate surface area is 167 Å². The van der Waals surface area contributed by atoms with E-state index in [0.717, 1.165) is 17.3 Å². The standard InChI is InChI=1S/C20H20N4O3S/c1-13(14-6-4-3-5-7-14)22-23-20(21)28-17-12-18(25)24(19(17)26)15-8-10-16(27-2)11-9-15/h3-11,17H,12H2,1-2H3,(H2,21,23)/t17-/m0/s1. The number of nitrogens with two attached hydrogens (primary N) is 1. The summed E-state index contributed by atoms with van der Waals surface area (Å²) in [5.41, 5.74) is 8.06. The molecule has 0 saturated carbocycles. The van der Waals surface area contributed by atoms with Crippen LogP contribution in [0.1, 0.15) is 18.9 Å². The van der Waals surface area contributed by atoms with Gasteiger partial charge < -0.3 is 10.5 Å². The highest BCUT2D eigenvalue weighted by Gasteiger charge is 2.40. The second-order valence-corrected chi connectivity index (χ2v) is 7.29. The Morgan fingerprint density at radius 3 is 2.43 bits per heavy atom. The van der Waals surface area contributed by atoms with Crippen LogP contribution in [0.2, 0.25) is 0 Å². The molecule has 0 aromatic heterocycles. The monoisotopic (exact) mass is 396 g/mol. The van der Waals surface area contributed by atoms with Crippen LogP contribution in [-0.2, 0) is 9.59 Å². The van der Waals surface area contributed by atoms with Gasteiger partial charge in [0, 0.05) is 6.42 Å². The first-order valence-electron chi connectivity index (χ1n) is 8.60. The average molecular weight is 396 g/mol. The van der Waals surface area contributed by atoms with E-state index >= 15 is 0 Å². The van der Waals surface area contributed by atoms with Crippen molar-refractivity contribution < 1.29 is 14.3 Å². The molecule has 8 heteroatoms. The van der Waals surface area contributed by atoms with Crippen LogP contribution in [0, 0.1) is 0 Å². The Morgan fingerprint density at radius 2 is 1.79 bits per heavy atom. The maximum absolute atomic E-state index is 12.7. The Balaban J connectivity index is 1.69. The van der Waals surface area contributed by atoms with Crippen LogP contribution in [0.15, 0.2) is 64.8 Å². The minimum atomic E-state index is -0.620. The Morgan fingerprint density at radius 1 is 1.11 bits per heavy atom. The molecule has 144 valence electrons. The van der Waals surface area contributed by atoms with Crippen molar-refractivity contribution in [3.8, 4) is 5.75 Å². The van der Waals surface area contributed by atoms with Crippen LogP contribution in [0.4, 0.5) is 5.69 Å². The van der Waals surface area contributed by atoms with E-state index in [0.29, 0.717) is 17.1 Å². The lowest BCUT2D eigenvalue weighted by molar-refractivity contribution is -0.121. The largest absolute Gasteiger partial charge is 0.497 e. The van der Waals surface area contributed by atoms with Crippen LogP contribution in [0.25, 0.3) is 0 Å². The van der Waals surface area contributed by atoms with Crippen molar-refractivity contribution in [3.63, 3.8) is 0 Å². The number of hydrogen-bond acceptors (Lipinski definition) is 6. The molecule has 1 atom stereocenters. The summed E-state index contributed by atoms with van der Waals surface area (Å²) in [5, 5.41) is 7.62. The molecule has 0 radical (unpaired) electrons. The summed E-state index contributed by atoms with van der Waals surface area (Å²) in [5.74, 6) is 0.0586. The van der Waals surface area contributed by atoms with E-state index < -0.39 is 5.25 Å². The number of methoxy groups -OCH3 is 1. The molecule has 1 saturated heterocycles. The first-order valence-corrected chi connectivity index (χ1v) is 9.48. The maximum Gasteiger partial charge on any atom is 0.247 e. The number of ether oxygens (including phenoxy) is 1. The first kappa shape index (κ1) is 19.6. The summed E-state index contributed by atoms with van der Waals surface area (Å²) in [6, 6.07) is 16.3. The number of nitrogens with zero attached hydrogens (tertiary/aromatic N) is 3. The van der Waals surface area contributed by atoms with Gasteiger partial charge in [-0.3, -0.25) is 9.59 Å². The van der Waals surface area contributed by atoms with Gasteiger partial charge in [0.05, 0.1) is 18.5 Å². The van der Waals surface area contributed by atoms with Gasteiger partial charge in [0.2, 0.25) is 11.8 Å². The van der Waals surface area contributed by atoms with E-state index in [1.807, 2.05) is 37.3 Å². The molecule has 3 rings (SSSR count). The van der Waals surface area contributed by atoms with Crippen molar-refractivity contribution in [2.75, 3.05) is 12.0 Å². The van der Waals surface area contributed by atoms with Gasteiger partial charge in [0.25, 0.3) is 0 Å². The molecule has 1 aliphatic rings. The number of amides is 2. The van der Waals surface area contributed by atoms with Crippen molar-refractivity contribution in [1.82, 2.24) is 0 Å². The summed E-state index contributed by atoms with van der Waals surface area (Å²) >= 11 is 1.05. The molecule has 7 nitrogen and oxygen atoms in total. The molecule has 1 aliphatic heterocycles. The zero-order chi connectivity index (χ0) is 20.1. The van der Waals surface area contributed by atoms with E-state index in [1.165, 1.54) is 4.90 Å². The highest BCUT2D eigenvalue weighted by atomic mass is 32.2. The Hall–Kier alpha value is -3.13. The lowest BCUT2D eigenvalue weighted by atomic mass is 10.1. The predicted molar refractivity (Wildman–Crippen MR) is 112 cm³/mol. The van der Waals surface area contributed by atoms with Crippen LogP contribution in [0.5, 0.6) is 5.75 Å². The summed E-state index contributed by atoms with van der Waals surface area (Å²) in [6.45, 7) is 1.83. The zero-order valence-corrected chi connectivity index (χ0v) is 16.3. The van der Waals surface area contributed by atoms with E-state index in [-0.39, 0.29) is 23.4 Å². The van der Waals surface area contributed by atoms with Crippen LogP contribution in [-0.4, -0.2) is 35.1 Å². The fourth-order valence-corrected chi connectivity index (χ4v) is 3.54. The number of hydrogen-bond donors (Lipinski definition) is 1. The third-order valence-corrected chi connectivity index (χ3v) is 5.16. The minimum absolute atomic E-state index is 0.0626. The van der Waals surface area contributed by atoms with Gasteiger partial charge in [0.15, 0.2) is 5.17 Å². The van der Waals surface area contributed by atoms with E-state index in [1.54, 1.807) is 31.4 Å². The van der Waals surface area contributed by atoms with Gasteiger partial charge in [-0.05, 0) is 36.8 Å². The molecule has 0 spiro atoms. The van der Waals surface area contributed by atoms with Crippen LogP contribution >= 0.6 is 11.8 Å². The Bertz CT molecular complexity index is 926. The quantitative estimate of drug-likeness (QED) is 0.363. The Kier molecular flexibility index (Phi) is 6.10. The molecular weight excluding hydrogens is 376 g/mol. The van der Waals surface area contributed by atoms with Crippen molar-refractivity contribution >= 4 is 40.1 Å². The number of rotatable bonds is 5. The SMILES string of the molecule is COc1ccc(N2C(=O)C[C@H](SC(N)=NN=C(C)c3ccccc3)C2=O)cc1. The van der Waals surface area contributed by atoms with Gasteiger partial charge >= 0.3 is 0 Å². The molecule has 2 N–H and O–H groups in total. The zero-order valence-electron chi connectivity index (χ0n) is 15.5. The molecule has 2 aromatic rings. The van der Waals surface area contributed by atoms with Gasteiger partial charge in [0.1, 0.15) is 11.0 Å². The van der Waals surface area contributed by atoms with Gasteiger partial charge in [-0.2, -0.15) is 5.10 Å². The summed E-state index contributed by atoms with van der Waals surface area (Å²) in [6.07, 6.45) is 0.0626. The third-order valence-electron chi connectivity index (χ3n) is 4.19. The fraction of sp³-hybridized carbons (Fsp3) is 0.200. The molecule has 1 heterocycles. The molecule has 0 aliphatic carbocycles. The van der Waals surface area contributed by atoms with Crippen LogP contribution in [0.3, 0.4) is 0 Å². The number of carbonyl (C=O) groups is 2. The van der Waals surface area contributed by atoms with Crippen molar-refractivity contribution in [3.05, 3.63) is 60.2 Å². The lowest BCUT2D eigenvalue weighted by Gasteiger charge is -2.15. The molecule has 2 aromatic carbocycles. The summed E-state index contributed by atoms with van der Waals surface area (Å²) in [4.78, 5) is 26.2. The predicted octanol–water partition coefficient (Wildman–Crippen LogP) is 2.80. The van der Waals surface area contributed by atoms with Crippen molar-refractivity contribution in [1.29, 1.82) is 0 Å². The molecule has 1 fully saturated rings. The molecule has 0 unspecified atom stereocenters. The van der Waals surface area contributed by atoms with Crippen molar-refractivity contribution in [2.24, 2.45) is 15.9 Å². The van der Waals surface area contributed by atoms with Crippen molar-refractivity contribution in [2.45, 2.75) is 18.6 Å².